The van der Waals surface area contributed by atoms with E-state index in [9.17, 15) is 4.79 Å². The summed E-state index contributed by atoms with van der Waals surface area (Å²) in [6.45, 7) is 0.220. The van der Waals surface area contributed by atoms with Crippen molar-refractivity contribution < 1.29 is 4.79 Å². The van der Waals surface area contributed by atoms with E-state index in [1.54, 1.807) is 0 Å². The highest BCUT2D eigenvalue weighted by Gasteiger charge is 2.15. The Balaban J connectivity index is 2.54. The Morgan fingerprint density at radius 1 is 1.85 bits per heavy atom. The van der Waals surface area contributed by atoms with Crippen molar-refractivity contribution in [2.24, 2.45) is 5.73 Å². The van der Waals surface area contributed by atoms with Crippen LogP contribution in [0.4, 0.5) is 0 Å². The smallest absolute Gasteiger partial charge is 0.243 e. The van der Waals surface area contributed by atoms with E-state index >= 15 is 0 Å². The first kappa shape index (κ1) is 9.78. The molecule has 1 amide bonds. The molecule has 1 rings (SSSR count). The number of carbonyl (C=O) groups excluding carboxylic acids is 1. The van der Waals surface area contributed by atoms with E-state index in [0.717, 1.165) is 4.88 Å². The summed E-state index contributed by atoms with van der Waals surface area (Å²) in [6.07, 6.45) is 4.99. The summed E-state index contributed by atoms with van der Waals surface area (Å²) in [4.78, 5) is 12.1. The molecule has 1 heterocycles. The molecule has 3 nitrogen and oxygen atoms in total. The highest BCUT2D eigenvalue weighted by atomic mass is 32.1. The third-order valence-corrected chi connectivity index (χ3v) is 2.45. The molecule has 1 aromatic heterocycles. The molecule has 0 saturated carbocycles. The molecule has 0 aliphatic rings. The van der Waals surface area contributed by atoms with Crippen LogP contribution in [-0.4, -0.2) is 12.5 Å². The molecular formula is C9H10N2OS. The van der Waals surface area contributed by atoms with Gasteiger partial charge in [0.2, 0.25) is 5.91 Å². The lowest BCUT2D eigenvalue weighted by molar-refractivity contribution is -0.122. The summed E-state index contributed by atoms with van der Waals surface area (Å²) < 4.78 is 0. The van der Waals surface area contributed by atoms with Crippen molar-refractivity contribution in [3.05, 3.63) is 22.4 Å². The van der Waals surface area contributed by atoms with Crippen LogP contribution in [0.15, 0.2) is 17.5 Å². The van der Waals surface area contributed by atoms with Crippen LogP contribution < -0.4 is 11.1 Å². The van der Waals surface area contributed by atoms with Gasteiger partial charge in [0, 0.05) is 4.88 Å². The van der Waals surface area contributed by atoms with Crippen LogP contribution >= 0.6 is 11.3 Å². The van der Waals surface area contributed by atoms with Gasteiger partial charge in [0.05, 0.1) is 6.54 Å². The molecule has 1 unspecified atom stereocenters. The van der Waals surface area contributed by atoms with Crippen molar-refractivity contribution in [2.45, 2.75) is 6.04 Å². The molecule has 0 radical (unpaired) electrons. The van der Waals surface area contributed by atoms with Gasteiger partial charge in [-0.1, -0.05) is 12.0 Å². The van der Waals surface area contributed by atoms with E-state index < -0.39 is 6.04 Å². The number of thiophene rings is 1. The van der Waals surface area contributed by atoms with Gasteiger partial charge in [0.1, 0.15) is 6.04 Å². The summed E-state index contributed by atoms with van der Waals surface area (Å²) in [5, 5.41) is 4.41. The van der Waals surface area contributed by atoms with Crippen LogP contribution in [0, 0.1) is 12.3 Å². The molecule has 68 valence electrons. The summed E-state index contributed by atoms with van der Waals surface area (Å²) >= 11 is 1.46. The highest BCUT2D eigenvalue weighted by molar-refractivity contribution is 7.10. The molecule has 0 aliphatic heterocycles. The number of nitrogens with one attached hydrogen (secondary N) is 1. The van der Waals surface area contributed by atoms with E-state index in [2.05, 4.69) is 11.2 Å². The lowest BCUT2D eigenvalue weighted by Gasteiger charge is -2.07. The number of terminal acetylenes is 1. The van der Waals surface area contributed by atoms with E-state index in [1.165, 1.54) is 11.3 Å². The Kier molecular flexibility index (Phi) is 3.50. The molecule has 0 spiro atoms. The molecule has 4 heteroatoms. The fourth-order valence-electron chi connectivity index (χ4n) is 0.846. The Morgan fingerprint density at radius 3 is 3.15 bits per heavy atom. The Bertz CT molecular complexity index is 313. The minimum absolute atomic E-state index is 0.220. The van der Waals surface area contributed by atoms with Crippen LogP contribution in [0.25, 0.3) is 0 Å². The minimum Gasteiger partial charge on any atom is -0.344 e. The predicted molar refractivity (Wildman–Crippen MR) is 53.1 cm³/mol. The maximum atomic E-state index is 11.3. The van der Waals surface area contributed by atoms with Gasteiger partial charge in [0.15, 0.2) is 0 Å². The van der Waals surface area contributed by atoms with Crippen molar-refractivity contribution >= 4 is 17.2 Å². The van der Waals surface area contributed by atoms with E-state index in [4.69, 9.17) is 12.2 Å². The quantitative estimate of drug-likeness (QED) is 0.688. The number of nitrogens with two attached hydrogens (primary N) is 1. The number of amides is 1. The molecule has 13 heavy (non-hydrogen) atoms. The second-order valence-corrected chi connectivity index (χ2v) is 3.39. The van der Waals surface area contributed by atoms with Crippen LogP contribution in [0.1, 0.15) is 10.9 Å². The number of hydrogen-bond acceptors (Lipinski definition) is 3. The first-order valence-corrected chi connectivity index (χ1v) is 4.64. The molecule has 0 aliphatic carbocycles. The second kappa shape index (κ2) is 4.65. The Hall–Kier alpha value is -1.31. The van der Waals surface area contributed by atoms with E-state index in [-0.39, 0.29) is 12.5 Å². The summed E-state index contributed by atoms with van der Waals surface area (Å²) in [7, 11) is 0. The molecule has 0 fully saturated rings. The van der Waals surface area contributed by atoms with Crippen LogP contribution in [0.2, 0.25) is 0 Å². The predicted octanol–water partition coefficient (Wildman–Crippen LogP) is 0.497. The summed E-state index contributed by atoms with van der Waals surface area (Å²) in [5.41, 5.74) is 5.65. The third kappa shape index (κ3) is 2.58. The zero-order valence-electron chi connectivity index (χ0n) is 6.99. The van der Waals surface area contributed by atoms with Crippen LogP contribution in [0.3, 0.4) is 0 Å². The molecule has 3 N–H and O–H groups in total. The molecule has 0 saturated heterocycles. The van der Waals surface area contributed by atoms with Crippen molar-refractivity contribution in [3.8, 4) is 12.3 Å². The first-order valence-electron chi connectivity index (χ1n) is 3.76. The maximum absolute atomic E-state index is 11.3. The van der Waals surface area contributed by atoms with E-state index in [1.807, 2.05) is 17.5 Å². The average Bonchev–Trinajstić information content (AvgIpc) is 2.65. The molecule has 1 atom stereocenters. The van der Waals surface area contributed by atoms with Gasteiger partial charge in [-0.25, -0.2) is 0 Å². The lowest BCUT2D eigenvalue weighted by atomic mass is 10.2. The fourth-order valence-corrected chi connectivity index (χ4v) is 1.57. The zero-order chi connectivity index (χ0) is 9.68. The minimum atomic E-state index is -0.603. The molecule has 1 aromatic rings. The number of hydrogen-bond donors (Lipinski definition) is 2. The Labute approximate surface area is 80.9 Å². The monoisotopic (exact) mass is 194 g/mol. The second-order valence-electron chi connectivity index (χ2n) is 2.42. The van der Waals surface area contributed by atoms with Crippen molar-refractivity contribution in [3.63, 3.8) is 0 Å². The number of rotatable bonds is 3. The standard InChI is InChI=1S/C9H10N2OS/c1-2-5-11-9(12)8(10)7-4-3-6-13-7/h1,3-4,6,8H,5,10H2,(H,11,12). The van der Waals surface area contributed by atoms with Gasteiger partial charge < -0.3 is 11.1 Å². The summed E-state index contributed by atoms with van der Waals surface area (Å²) in [6, 6.07) is 3.08. The van der Waals surface area contributed by atoms with Gasteiger partial charge in [-0.3, -0.25) is 4.79 Å². The fraction of sp³-hybridized carbons (Fsp3) is 0.222. The lowest BCUT2D eigenvalue weighted by Crippen LogP contribution is -2.33. The molecule has 0 bridgehead atoms. The van der Waals surface area contributed by atoms with Gasteiger partial charge in [-0.2, -0.15) is 0 Å². The van der Waals surface area contributed by atoms with Crippen molar-refractivity contribution in [1.82, 2.24) is 5.32 Å². The van der Waals surface area contributed by atoms with Gasteiger partial charge >= 0.3 is 0 Å². The molecular weight excluding hydrogens is 184 g/mol. The molecule has 0 aromatic carbocycles. The largest absolute Gasteiger partial charge is 0.344 e. The van der Waals surface area contributed by atoms with Crippen molar-refractivity contribution in [1.29, 1.82) is 0 Å². The Morgan fingerprint density at radius 2 is 2.62 bits per heavy atom. The van der Waals surface area contributed by atoms with Gasteiger partial charge in [0.25, 0.3) is 0 Å². The average molecular weight is 194 g/mol. The first-order chi connectivity index (χ1) is 6.25. The van der Waals surface area contributed by atoms with Crippen molar-refractivity contribution in [2.75, 3.05) is 6.54 Å². The van der Waals surface area contributed by atoms with Gasteiger partial charge in [-0.05, 0) is 11.4 Å². The maximum Gasteiger partial charge on any atom is 0.243 e. The topological polar surface area (TPSA) is 55.1 Å². The summed E-state index contributed by atoms with van der Waals surface area (Å²) in [5.74, 6) is 2.08. The number of carbonyl (C=O) groups is 1. The van der Waals surface area contributed by atoms with Gasteiger partial charge in [-0.15, -0.1) is 17.8 Å². The highest BCUT2D eigenvalue weighted by Crippen LogP contribution is 2.16. The third-order valence-electron chi connectivity index (χ3n) is 1.50. The zero-order valence-corrected chi connectivity index (χ0v) is 7.80. The van der Waals surface area contributed by atoms with Crippen LogP contribution in [-0.2, 0) is 4.79 Å². The van der Waals surface area contributed by atoms with Crippen LogP contribution in [0.5, 0.6) is 0 Å². The SMILES string of the molecule is C#CCNC(=O)C(N)c1cccs1. The van der Waals surface area contributed by atoms with E-state index in [0.29, 0.717) is 0 Å². The normalized spacial score (nSPS) is 11.7.